The first-order valence-corrected chi connectivity index (χ1v) is 14.0. The molecule has 0 spiro atoms. The van der Waals surface area contributed by atoms with Crippen LogP contribution in [0.5, 0.6) is 5.75 Å². The average Bonchev–Trinajstić information content (AvgIpc) is 3.70. The van der Waals surface area contributed by atoms with Crippen molar-refractivity contribution in [2.45, 2.75) is 63.2 Å². The van der Waals surface area contributed by atoms with E-state index in [4.69, 9.17) is 29.5 Å². The molecule has 244 valence electrons. The lowest BCUT2D eigenvalue weighted by atomic mass is 9.86. The molecule has 2 aliphatic rings. The van der Waals surface area contributed by atoms with Gasteiger partial charge in [0.15, 0.2) is 0 Å². The van der Waals surface area contributed by atoms with E-state index in [9.17, 15) is 31.1 Å². The molecule has 0 saturated heterocycles. The maximum Gasteiger partial charge on any atom is 0.490 e. The minimum atomic E-state index is -5.08. The number of carboxylic acids is 2. The Morgan fingerprint density at radius 1 is 0.978 bits per heavy atom. The lowest BCUT2D eigenvalue weighted by Crippen LogP contribution is -2.21. The van der Waals surface area contributed by atoms with Crippen molar-refractivity contribution in [3.8, 4) is 16.9 Å². The molecule has 2 fully saturated rings. The molecule has 0 radical (unpaired) electrons. The first-order valence-electron chi connectivity index (χ1n) is 14.0. The van der Waals surface area contributed by atoms with Gasteiger partial charge in [-0.25, -0.2) is 14.6 Å². The molecule has 3 heterocycles. The molecule has 2 aliphatic carbocycles. The van der Waals surface area contributed by atoms with Crippen molar-refractivity contribution in [1.29, 1.82) is 0 Å². The summed E-state index contributed by atoms with van der Waals surface area (Å²) in [6.45, 7) is 0.737. The molecule has 10 nitrogen and oxygen atoms in total. The number of aromatic nitrogens is 4. The van der Waals surface area contributed by atoms with E-state index in [-0.39, 0.29) is 5.56 Å². The lowest BCUT2D eigenvalue weighted by Gasteiger charge is -2.25. The van der Waals surface area contributed by atoms with Crippen molar-refractivity contribution >= 4 is 33.9 Å². The molecule has 16 heteroatoms. The minimum Gasteiger partial charge on any atom is -0.493 e. The highest BCUT2D eigenvalue weighted by Gasteiger charge is 2.39. The number of aryl methyl sites for hydroxylation is 1. The summed E-state index contributed by atoms with van der Waals surface area (Å²) in [6.07, 6.45) is 2.36. The van der Waals surface area contributed by atoms with Gasteiger partial charge in [-0.3, -0.25) is 4.79 Å². The number of pyridine rings is 1. The number of carboxylic acid groups (broad SMARTS) is 2. The summed E-state index contributed by atoms with van der Waals surface area (Å²) >= 11 is 0. The van der Waals surface area contributed by atoms with E-state index in [2.05, 4.69) is 22.1 Å². The number of carbonyl (C=O) groups is 2. The summed E-state index contributed by atoms with van der Waals surface area (Å²) in [5, 5.41) is 15.2. The zero-order valence-electron chi connectivity index (χ0n) is 23.9. The molecule has 4 aromatic rings. The fraction of sp³-hybridized carbons (Fsp3) is 0.448. The smallest absolute Gasteiger partial charge is 0.490 e. The first-order chi connectivity index (χ1) is 21.1. The van der Waals surface area contributed by atoms with Gasteiger partial charge in [-0.1, -0.05) is 19.3 Å². The molecule has 2 saturated carbocycles. The van der Waals surface area contributed by atoms with E-state index < -0.39 is 24.3 Å². The van der Waals surface area contributed by atoms with Crippen molar-refractivity contribution in [1.82, 2.24) is 19.5 Å². The summed E-state index contributed by atoms with van der Waals surface area (Å²) in [6, 6.07) is 6.22. The zero-order valence-corrected chi connectivity index (χ0v) is 23.9. The highest BCUT2D eigenvalue weighted by atomic mass is 19.4. The van der Waals surface area contributed by atoms with Gasteiger partial charge in [-0.05, 0) is 43.7 Å². The summed E-state index contributed by atoms with van der Waals surface area (Å²) in [5.41, 5.74) is 4.61. The van der Waals surface area contributed by atoms with Crippen LogP contribution in [0.25, 0.3) is 33.1 Å². The van der Waals surface area contributed by atoms with Gasteiger partial charge in [-0.15, -0.1) is 0 Å². The predicted octanol–water partition coefficient (Wildman–Crippen LogP) is 6.51. The Morgan fingerprint density at radius 3 is 2.11 bits per heavy atom. The van der Waals surface area contributed by atoms with Crippen LogP contribution in [0.2, 0.25) is 0 Å². The summed E-state index contributed by atoms with van der Waals surface area (Å²) in [7, 11) is 1.80. The van der Waals surface area contributed by atoms with Gasteiger partial charge in [0.05, 0.1) is 17.6 Å². The highest BCUT2D eigenvalue weighted by molar-refractivity contribution is 5.98. The van der Waals surface area contributed by atoms with Crippen molar-refractivity contribution in [3.05, 3.63) is 46.8 Å². The second-order valence-corrected chi connectivity index (χ2v) is 10.9. The standard InChI is InChI=1S/C25H28N4O2.2C2HF3O2/c1-29-13-19(17-9-10-26-23(17)25(29)30)18-11-20-21(12-22(18)31-14-15-5-4-6-15)28-24(27-20)16-7-2-3-8-16;2*3-2(4,5)1(6)7/h9-13,15-16,26H,2-8,14H2,1H3,(H,27,28);2*(H,6,7). The van der Waals surface area contributed by atoms with E-state index in [1.807, 2.05) is 18.5 Å². The van der Waals surface area contributed by atoms with Gasteiger partial charge in [0.25, 0.3) is 5.56 Å². The van der Waals surface area contributed by atoms with Crippen LogP contribution < -0.4 is 10.3 Å². The number of aromatic amines is 2. The summed E-state index contributed by atoms with van der Waals surface area (Å²) in [4.78, 5) is 42.0. The van der Waals surface area contributed by atoms with Gasteiger partial charge < -0.3 is 29.5 Å². The topological polar surface area (TPSA) is 150 Å². The normalized spacial score (nSPS) is 15.6. The Hall–Kier alpha value is -4.50. The van der Waals surface area contributed by atoms with Crippen molar-refractivity contribution < 1.29 is 50.9 Å². The molecule has 0 bridgehead atoms. The number of hydrogen-bond acceptors (Lipinski definition) is 5. The molecule has 0 atom stereocenters. The van der Waals surface area contributed by atoms with Crippen molar-refractivity contribution in [2.24, 2.45) is 13.0 Å². The van der Waals surface area contributed by atoms with E-state index in [1.165, 1.54) is 44.9 Å². The third-order valence-electron chi connectivity index (χ3n) is 7.71. The maximum atomic E-state index is 12.6. The van der Waals surface area contributed by atoms with Gasteiger partial charge in [0, 0.05) is 47.9 Å². The molecule has 0 aliphatic heterocycles. The van der Waals surface area contributed by atoms with Gasteiger partial charge >= 0.3 is 24.3 Å². The zero-order chi connectivity index (χ0) is 33.1. The molecular weight excluding hydrogens is 614 g/mol. The lowest BCUT2D eigenvalue weighted by molar-refractivity contribution is -0.193. The largest absolute Gasteiger partial charge is 0.493 e. The molecule has 6 rings (SSSR count). The Kier molecular flexibility index (Phi) is 9.83. The van der Waals surface area contributed by atoms with Crippen LogP contribution in [0.1, 0.15) is 56.7 Å². The van der Waals surface area contributed by atoms with Crippen LogP contribution in [0.4, 0.5) is 26.3 Å². The van der Waals surface area contributed by atoms with Crippen LogP contribution in [-0.4, -0.2) is 60.6 Å². The molecule has 4 N–H and O–H groups in total. The number of benzene rings is 1. The molecule has 0 amide bonds. The van der Waals surface area contributed by atoms with Crippen LogP contribution in [-0.2, 0) is 16.6 Å². The fourth-order valence-corrected chi connectivity index (χ4v) is 5.13. The molecule has 0 unspecified atom stereocenters. The second-order valence-electron chi connectivity index (χ2n) is 10.9. The monoisotopic (exact) mass is 644 g/mol. The second kappa shape index (κ2) is 13.2. The Labute approximate surface area is 251 Å². The SMILES string of the molecule is Cn1cc(-c2cc3[nH]c(C4CCCC4)nc3cc2OCC2CCC2)c2cc[nH]c2c1=O.O=C(O)C(F)(F)F.O=C(O)C(F)(F)F. The Balaban J connectivity index is 0.000000277. The molecule has 1 aromatic carbocycles. The molecule has 3 aromatic heterocycles. The summed E-state index contributed by atoms with van der Waals surface area (Å²) < 4.78 is 71.5. The van der Waals surface area contributed by atoms with E-state index in [0.29, 0.717) is 17.4 Å². The number of aliphatic carboxylic acids is 2. The number of imidazole rings is 1. The number of rotatable bonds is 5. The number of ether oxygens (including phenoxy) is 1. The molecular formula is C29H30F6N4O6. The third-order valence-corrected chi connectivity index (χ3v) is 7.71. The Bertz CT molecular complexity index is 1710. The first kappa shape index (κ1) is 33.4. The number of nitrogens with zero attached hydrogens (tertiary/aromatic N) is 2. The van der Waals surface area contributed by atoms with Crippen LogP contribution >= 0.6 is 0 Å². The fourth-order valence-electron chi connectivity index (χ4n) is 5.13. The van der Waals surface area contributed by atoms with Crippen molar-refractivity contribution in [3.63, 3.8) is 0 Å². The number of nitrogens with one attached hydrogen (secondary N) is 2. The summed E-state index contributed by atoms with van der Waals surface area (Å²) in [5.74, 6) is -2.39. The Morgan fingerprint density at radius 2 is 1.58 bits per heavy atom. The number of fused-ring (bicyclic) bond motifs is 2. The van der Waals surface area contributed by atoms with E-state index >= 15 is 0 Å². The van der Waals surface area contributed by atoms with E-state index in [0.717, 1.165) is 45.7 Å². The van der Waals surface area contributed by atoms with Crippen LogP contribution in [0.15, 0.2) is 35.4 Å². The quantitative estimate of drug-likeness (QED) is 0.181. The average molecular weight is 645 g/mol. The number of hydrogen-bond donors (Lipinski definition) is 4. The maximum absolute atomic E-state index is 12.6. The van der Waals surface area contributed by atoms with Gasteiger partial charge in [0.1, 0.15) is 17.1 Å². The van der Waals surface area contributed by atoms with Crippen LogP contribution in [0, 0.1) is 5.92 Å². The molecule has 45 heavy (non-hydrogen) atoms. The number of halogens is 6. The predicted molar refractivity (Wildman–Crippen MR) is 150 cm³/mol. The van der Waals surface area contributed by atoms with Gasteiger partial charge in [-0.2, -0.15) is 26.3 Å². The van der Waals surface area contributed by atoms with Gasteiger partial charge in [0.2, 0.25) is 0 Å². The van der Waals surface area contributed by atoms with Crippen molar-refractivity contribution in [2.75, 3.05) is 6.61 Å². The minimum absolute atomic E-state index is 0.0215. The van der Waals surface area contributed by atoms with E-state index in [1.54, 1.807) is 11.6 Å². The highest BCUT2D eigenvalue weighted by Crippen LogP contribution is 2.39. The van der Waals surface area contributed by atoms with Crippen LogP contribution in [0.3, 0.4) is 0 Å². The third kappa shape index (κ3) is 7.97. The number of alkyl halides is 6. The number of H-pyrrole nitrogens is 2.